The summed E-state index contributed by atoms with van der Waals surface area (Å²) in [6, 6.07) is 5.41. The molecule has 0 amide bonds. The lowest BCUT2D eigenvalue weighted by molar-refractivity contribution is -0.136. The fourth-order valence-corrected chi connectivity index (χ4v) is 4.55. The van der Waals surface area contributed by atoms with Crippen LogP contribution in [-0.4, -0.2) is 40.7 Å². The maximum Gasteiger partial charge on any atom is 0.307 e. The molecule has 0 unspecified atom stereocenters. The molecule has 3 aromatic rings. The molecule has 0 radical (unpaired) electrons. The number of aryl methyl sites for hydroxylation is 1. The molecular formula is C28H30F3N3O3. The molecule has 37 heavy (non-hydrogen) atoms. The van der Waals surface area contributed by atoms with E-state index >= 15 is 0 Å². The second-order valence-electron chi connectivity index (χ2n) is 10.2. The first-order valence-electron chi connectivity index (χ1n) is 12.2. The van der Waals surface area contributed by atoms with Crippen molar-refractivity contribution in [2.75, 3.05) is 24.6 Å². The van der Waals surface area contributed by atoms with Gasteiger partial charge in [-0.3, -0.25) is 14.8 Å². The van der Waals surface area contributed by atoms with E-state index in [0.717, 1.165) is 49.3 Å². The Labute approximate surface area is 214 Å². The molecule has 9 heteroatoms. The number of carboxylic acid groups (broad SMARTS) is 1. The van der Waals surface area contributed by atoms with Crippen molar-refractivity contribution in [1.82, 2.24) is 9.97 Å². The van der Waals surface area contributed by atoms with Gasteiger partial charge in [0.15, 0.2) is 17.5 Å². The number of piperidine rings is 1. The summed E-state index contributed by atoms with van der Waals surface area (Å²) in [6.07, 6.45) is 5.31. The average molecular weight is 514 g/mol. The summed E-state index contributed by atoms with van der Waals surface area (Å²) in [6.45, 7) is 8.04. The minimum Gasteiger partial charge on any atom is -0.492 e. The van der Waals surface area contributed by atoms with Crippen molar-refractivity contribution in [3.8, 4) is 17.0 Å². The van der Waals surface area contributed by atoms with Gasteiger partial charge in [0.05, 0.1) is 30.6 Å². The molecular weight excluding hydrogens is 483 g/mol. The van der Waals surface area contributed by atoms with Crippen LogP contribution in [-0.2, 0) is 17.6 Å². The molecule has 1 aliphatic heterocycles. The third-order valence-electron chi connectivity index (χ3n) is 6.84. The minimum atomic E-state index is -1.49. The largest absolute Gasteiger partial charge is 0.492 e. The van der Waals surface area contributed by atoms with Gasteiger partial charge in [-0.25, -0.2) is 13.2 Å². The Morgan fingerprint density at radius 1 is 1.08 bits per heavy atom. The SMILES string of the molecule is Cc1ncc(-c2ccc(OCCc3cc(F)c(F)c(F)c3)cn2)c(N2CCC(C)(C)CC2)c1CC(=O)O. The third kappa shape index (κ3) is 6.21. The number of carboxylic acids is 1. The van der Waals surface area contributed by atoms with Crippen molar-refractivity contribution in [1.29, 1.82) is 0 Å². The van der Waals surface area contributed by atoms with Gasteiger partial charge in [-0.05, 0) is 55.0 Å². The Morgan fingerprint density at radius 2 is 1.76 bits per heavy atom. The van der Waals surface area contributed by atoms with Crippen molar-refractivity contribution in [3.05, 3.63) is 70.9 Å². The van der Waals surface area contributed by atoms with Crippen LogP contribution in [0, 0.1) is 29.8 Å². The van der Waals surface area contributed by atoms with E-state index in [2.05, 4.69) is 28.7 Å². The van der Waals surface area contributed by atoms with Crippen LogP contribution in [0.15, 0.2) is 36.7 Å². The van der Waals surface area contributed by atoms with E-state index in [-0.39, 0.29) is 30.4 Å². The molecule has 0 atom stereocenters. The minimum absolute atomic E-state index is 0.120. The number of aliphatic carboxylic acids is 1. The Bertz CT molecular complexity index is 1260. The lowest BCUT2D eigenvalue weighted by Gasteiger charge is -2.40. The lowest BCUT2D eigenvalue weighted by atomic mass is 9.82. The predicted octanol–water partition coefficient (Wildman–Crippen LogP) is 5.74. The van der Waals surface area contributed by atoms with E-state index in [1.807, 2.05) is 6.92 Å². The second-order valence-corrected chi connectivity index (χ2v) is 10.2. The van der Waals surface area contributed by atoms with Crippen LogP contribution >= 0.6 is 0 Å². The monoisotopic (exact) mass is 513 g/mol. The summed E-state index contributed by atoms with van der Waals surface area (Å²) >= 11 is 0. The molecule has 6 nitrogen and oxygen atoms in total. The number of rotatable bonds is 8. The third-order valence-corrected chi connectivity index (χ3v) is 6.84. The zero-order chi connectivity index (χ0) is 26.7. The lowest BCUT2D eigenvalue weighted by Crippen LogP contribution is -2.38. The molecule has 0 aliphatic carbocycles. The van der Waals surface area contributed by atoms with Gasteiger partial charge in [0, 0.05) is 42.5 Å². The number of hydrogen-bond acceptors (Lipinski definition) is 5. The highest BCUT2D eigenvalue weighted by Gasteiger charge is 2.29. The molecule has 0 bridgehead atoms. The number of anilines is 1. The molecule has 4 rings (SSSR count). The standard InChI is InChI=1S/C28H30F3N3O3/c1-17-20(14-25(35)36)27(34-9-7-28(2,3)8-10-34)21(16-32-17)24-5-4-19(15-33-24)37-11-6-18-12-22(29)26(31)23(30)13-18/h4-5,12-13,15-16H,6-11,14H2,1-3H3,(H,35,36). The second kappa shape index (κ2) is 10.8. The Kier molecular flexibility index (Phi) is 7.71. The first-order valence-corrected chi connectivity index (χ1v) is 12.2. The zero-order valence-electron chi connectivity index (χ0n) is 21.2. The quantitative estimate of drug-likeness (QED) is 0.387. The highest BCUT2D eigenvalue weighted by Crippen LogP contribution is 2.39. The van der Waals surface area contributed by atoms with Gasteiger partial charge in [0.25, 0.3) is 0 Å². The first-order chi connectivity index (χ1) is 17.5. The van der Waals surface area contributed by atoms with Crippen molar-refractivity contribution < 1.29 is 27.8 Å². The normalized spacial score (nSPS) is 15.0. The van der Waals surface area contributed by atoms with Crippen LogP contribution in [0.2, 0.25) is 0 Å². The molecule has 3 heterocycles. The molecule has 0 spiro atoms. The van der Waals surface area contributed by atoms with E-state index in [9.17, 15) is 23.1 Å². The number of pyridine rings is 2. The van der Waals surface area contributed by atoms with Crippen LogP contribution in [0.5, 0.6) is 5.75 Å². The summed E-state index contributed by atoms with van der Waals surface area (Å²) in [5, 5.41) is 9.57. The summed E-state index contributed by atoms with van der Waals surface area (Å²) in [5.41, 5.74) is 4.12. The molecule has 2 aromatic heterocycles. The van der Waals surface area contributed by atoms with Crippen LogP contribution in [0.4, 0.5) is 18.9 Å². The van der Waals surface area contributed by atoms with Crippen molar-refractivity contribution >= 4 is 11.7 Å². The number of carbonyl (C=O) groups is 1. The number of hydrogen-bond donors (Lipinski definition) is 1. The van der Waals surface area contributed by atoms with E-state index in [0.29, 0.717) is 22.7 Å². The molecule has 0 saturated carbocycles. The van der Waals surface area contributed by atoms with Crippen molar-refractivity contribution in [2.45, 2.75) is 46.5 Å². The van der Waals surface area contributed by atoms with E-state index < -0.39 is 23.4 Å². The predicted molar refractivity (Wildman–Crippen MR) is 134 cm³/mol. The van der Waals surface area contributed by atoms with E-state index in [1.165, 1.54) is 0 Å². The van der Waals surface area contributed by atoms with E-state index in [1.54, 1.807) is 24.5 Å². The Hall–Kier alpha value is -3.62. The topological polar surface area (TPSA) is 75.6 Å². The van der Waals surface area contributed by atoms with E-state index in [4.69, 9.17) is 4.74 Å². The maximum absolute atomic E-state index is 13.4. The van der Waals surface area contributed by atoms with Crippen LogP contribution < -0.4 is 9.64 Å². The number of halogens is 3. The fraction of sp³-hybridized carbons (Fsp3) is 0.393. The van der Waals surface area contributed by atoms with Gasteiger partial charge in [-0.15, -0.1) is 0 Å². The molecule has 1 aromatic carbocycles. The van der Waals surface area contributed by atoms with Crippen molar-refractivity contribution in [3.63, 3.8) is 0 Å². The highest BCUT2D eigenvalue weighted by atomic mass is 19.2. The summed E-state index contributed by atoms with van der Waals surface area (Å²) < 4.78 is 45.6. The van der Waals surface area contributed by atoms with Gasteiger partial charge in [0.1, 0.15) is 5.75 Å². The maximum atomic E-state index is 13.4. The Morgan fingerprint density at radius 3 is 2.35 bits per heavy atom. The smallest absolute Gasteiger partial charge is 0.307 e. The van der Waals surface area contributed by atoms with Crippen LogP contribution in [0.1, 0.15) is 43.5 Å². The zero-order valence-corrected chi connectivity index (χ0v) is 21.2. The number of aromatic nitrogens is 2. The molecule has 1 fully saturated rings. The average Bonchev–Trinajstić information content (AvgIpc) is 2.84. The van der Waals surface area contributed by atoms with Crippen LogP contribution in [0.3, 0.4) is 0 Å². The summed E-state index contributed by atoms with van der Waals surface area (Å²) in [5.74, 6) is -4.42. The molecule has 1 saturated heterocycles. The van der Waals surface area contributed by atoms with Gasteiger partial charge >= 0.3 is 5.97 Å². The number of benzene rings is 1. The fourth-order valence-electron chi connectivity index (χ4n) is 4.55. The molecule has 1 N–H and O–H groups in total. The molecule has 196 valence electrons. The number of ether oxygens (including phenoxy) is 1. The van der Waals surface area contributed by atoms with Crippen molar-refractivity contribution in [2.24, 2.45) is 5.41 Å². The summed E-state index contributed by atoms with van der Waals surface area (Å²) in [4.78, 5) is 22.9. The summed E-state index contributed by atoms with van der Waals surface area (Å²) in [7, 11) is 0. The highest BCUT2D eigenvalue weighted by molar-refractivity contribution is 5.83. The first kappa shape index (κ1) is 26.4. The van der Waals surface area contributed by atoms with Crippen LogP contribution in [0.25, 0.3) is 11.3 Å². The van der Waals surface area contributed by atoms with Gasteiger partial charge in [0.2, 0.25) is 0 Å². The molecule has 1 aliphatic rings. The van der Waals surface area contributed by atoms with Gasteiger partial charge < -0.3 is 14.7 Å². The number of nitrogens with zero attached hydrogens (tertiary/aromatic N) is 3. The van der Waals surface area contributed by atoms with Gasteiger partial charge in [-0.2, -0.15) is 0 Å². The van der Waals surface area contributed by atoms with Gasteiger partial charge in [-0.1, -0.05) is 13.8 Å². The Balaban J connectivity index is 1.55.